The molecule has 1 aliphatic heterocycles. The Morgan fingerprint density at radius 3 is 2.90 bits per heavy atom. The van der Waals surface area contributed by atoms with E-state index in [1.807, 2.05) is 0 Å². The topological polar surface area (TPSA) is 58.6 Å². The average molecular weight is 294 g/mol. The number of carbonyl (C=O) groups excluding carboxylic acids is 2. The molecule has 2 rings (SSSR count). The summed E-state index contributed by atoms with van der Waals surface area (Å²) in [5, 5.41) is 2.73. The summed E-state index contributed by atoms with van der Waals surface area (Å²) in [6, 6.07) is 6.04. The van der Waals surface area contributed by atoms with E-state index < -0.39 is 5.60 Å². The molecule has 1 unspecified atom stereocenters. The number of hydrogen-bond donors (Lipinski definition) is 1. The molecule has 1 heterocycles. The number of nitrogens with zero attached hydrogens (tertiary/aromatic N) is 1. The molecule has 21 heavy (non-hydrogen) atoms. The largest absolute Gasteiger partial charge is 0.362 e. The van der Waals surface area contributed by atoms with Gasteiger partial charge in [-0.25, -0.2) is 4.39 Å². The highest BCUT2D eigenvalue weighted by Gasteiger charge is 2.39. The second-order valence-corrected chi connectivity index (χ2v) is 5.33. The predicted molar refractivity (Wildman–Crippen MR) is 74.9 cm³/mol. The van der Waals surface area contributed by atoms with Crippen LogP contribution in [0.1, 0.15) is 19.4 Å². The van der Waals surface area contributed by atoms with Gasteiger partial charge in [0.05, 0.1) is 13.2 Å². The van der Waals surface area contributed by atoms with Crippen molar-refractivity contribution in [3.8, 4) is 0 Å². The Labute approximate surface area is 123 Å². The van der Waals surface area contributed by atoms with Gasteiger partial charge in [-0.1, -0.05) is 12.1 Å². The number of amides is 2. The van der Waals surface area contributed by atoms with Gasteiger partial charge in [0.1, 0.15) is 5.82 Å². The zero-order valence-corrected chi connectivity index (χ0v) is 12.2. The maximum Gasteiger partial charge on any atom is 0.254 e. The number of halogens is 1. The second-order valence-electron chi connectivity index (χ2n) is 5.33. The standard InChI is InChI=1S/C15H19FN2O3/c1-11(19)18-6-7-21-15(2,10-18)14(20)17-9-12-4-3-5-13(16)8-12/h3-5,8H,6-7,9-10H2,1-2H3,(H,17,20). The average Bonchev–Trinajstić information content (AvgIpc) is 2.44. The molecular weight excluding hydrogens is 275 g/mol. The summed E-state index contributed by atoms with van der Waals surface area (Å²) in [5.41, 5.74) is -0.400. The van der Waals surface area contributed by atoms with Crippen LogP contribution in [0.4, 0.5) is 4.39 Å². The second kappa shape index (κ2) is 6.22. The van der Waals surface area contributed by atoms with E-state index in [-0.39, 0.29) is 30.7 Å². The molecule has 1 aromatic carbocycles. The third kappa shape index (κ3) is 3.78. The van der Waals surface area contributed by atoms with Crippen LogP contribution in [-0.4, -0.2) is 42.0 Å². The molecule has 1 saturated heterocycles. The summed E-state index contributed by atoms with van der Waals surface area (Å²) in [5.74, 6) is -0.732. The molecule has 1 atom stereocenters. The van der Waals surface area contributed by atoms with Gasteiger partial charge in [-0.3, -0.25) is 9.59 Å². The highest BCUT2D eigenvalue weighted by molar-refractivity contribution is 5.86. The highest BCUT2D eigenvalue weighted by Crippen LogP contribution is 2.18. The van der Waals surface area contributed by atoms with Gasteiger partial charge in [-0.15, -0.1) is 0 Å². The molecule has 0 bridgehead atoms. The van der Waals surface area contributed by atoms with E-state index in [1.54, 1.807) is 24.0 Å². The Morgan fingerprint density at radius 2 is 2.24 bits per heavy atom. The SMILES string of the molecule is CC(=O)N1CCOC(C)(C(=O)NCc2cccc(F)c2)C1. The van der Waals surface area contributed by atoms with Crippen LogP contribution in [0.3, 0.4) is 0 Å². The minimum atomic E-state index is -1.07. The van der Waals surface area contributed by atoms with Crippen molar-refractivity contribution in [2.45, 2.75) is 26.0 Å². The van der Waals surface area contributed by atoms with Crippen LogP contribution in [0.15, 0.2) is 24.3 Å². The van der Waals surface area contributed by atoms with Gasteiger partial charge in [-0.2, -0.15) is 0 Å². The first kappa shape index (κ1) is 15.4. The van der Waals surface area contributed by atoms with Crippen molar-refractivity contribution < 1.29 is 18.7 Å². The van der Waals surface area contributed by atoms with Crippen molar-refractivity contribution in [3.63, 3.8) is 0 Å². The van der Waals surface area contributed by atoms with Crippen molar-refractivity contribution in [2.24, 2.45) is 0 Å². The third-order valence-corrected chi connectivity index (χ3v) is 3.54. The summed E-state index contributed by atoms with van der Waals surface area (Å²) < 4.78 is 18.6. The Hall–Kier alpha value is -1.95. The molecule has 1 fully saturated rings. The van der Waals surface area contributed by atoms with Crippen LogP contribution < -0.4 is 5.32 Å². The van der Waals surface area contributed by atoms with Crippen molar-refractivity contribution in [1.82, 2.24) is 10.2 Å². The summed E-state index contributed by atoms with van der Waals surface area (Å²) in [7, 11) is 0. The normalized spacial score (nSPS) is 22.0. The number of rotatable bonds is 3. The van der Waals surface area contributed by atoms with Gasteiger partial charge in [0, 0.05) is 20.0 Å². The lowest BCUT2D eigenvalue weighted by Crippen LogP contribution is -2.58. The molecule has 1 N–H and O–H groups in total. The molecule has 1 aliphatic rings. The number of benzene rings is 1. The first-order valence-electron chi connectivity index (χ1n) is 6.83. The number of nitrogens with one attached hydrogen (secondary N) is 1. The van der Waals surface area contributed by atoms with Crippen LogP contribution in [-0.2, 0) is 20.9 Å². The number of carbonyl (C=O) groups is 2. The fourth-order valence-electron chi connectivity index (χ4n) is 2.29. The molecule has 114 valence electrons. The molecule has 0 saturated carbocycles. The maximum absolute atomic E-state index is 13.1. The lowest BCUT2D eigenvalue weighted by molar-refractivity contribution is -0.162. The first-order chi connectivity index (χ1) is 9.90. The Morgan fingerprint density at radius 1 is 1.48 bits per heavy atom. The molecule has 0 radical (unpaired) electrons. The molecule has 1 aromatic rings. The van der Waals surface area contributed by atoms with Crippen molar-refractivity contribution in [3.05, 3.63) is 35.6 Å². The molecule has 0 aliphatic carbocycles. The van der Waals surface area contributed by atoms with Gasteiger partial charge in [0.15, 0.2) is 5.60 Å². The smallest absolute Gasteiger partial charge is 0.254 e. The molecule has 2 amide bonds. The Kier molecular flexibility index (Phi) is 4.57. The molecule has 0 spiro atoms. The van der Waals surface area contributed by atoms with Gasteiger partial charge >= 0.3 is 0 Å². The van der Waals surface area contributed by atoms with Crippen LogP contribution >= 0.6 is 0 Å². The van der Waals surface area contributed by atoms with Gasteiger partial charge in [-0.05, 0) is 24.6 Å². The quantitative estimate of drug-likeness (QED) is 0.907. The van der Waals surface area contributed by atoms with Gasteiger partial charge in [0.25, 0.3) is 5.91 Å². The Balaban J connectivity index is 1.97. The lowest BCUT2D eigenvalue weighted by Gasteiger charge is -2.38. The fourth-order valence-corrected chi connectivity index (χ4v) is 2.29. The van der Waals surface area contributed by atoms with E-state index in [2.05, 4.69) is 5.32 Å². The van der Waals surface area contributed by atoms with Gasteiger partial charge in [0.2, 0.25) is 5.91 Å². The zero-order chi connectivity index (χ0) is 15.5. The number of ether oxygens (including phenoxy) is 1. The minimum absolute atomic E-state index is 0.0811. The van der Waals surface area contributed by atoms with Crippen molar-refractivity contribution in [1.29, 1.82) is 0 Å². The summed E-state index contributed by atoms with van der Waals surface area (Å²) in [4.78, 5) is 25.3. The lowest BCUT2D eigenvalue weighted by atomic mass is 10.0. The van der Waals surface area contributed by atoms with Crippen LogP contribution in [0.5, 0.6) is 0 Å². The molecular formula is C15H19FN2O3. The third-order valence-electron chi connectivity index (χ3n) is 3.54. The first-order valence-corrected chi connectivity index (χ1v) is 6.83. The van der Waals surface area contributed by atoms with Crippen LogP contribution in [0.2, 0.25) is 0 Å². The molecule has 6 heteroatoms. The van der Waals surface area contributed by atoms with Crippen LogP contribution in [0, 0.1) is 5.82 Å². The number of morpholine rings is 1. The fraction of sp³-hybridized carbons (Fsp3) is 0.467. The zero-order valence-electron chi connectivity index (χ0n) is 12.2. The molecule has 0 aromatic heterocycles. The van der Waals surface area contributed by atoms with E-state index in [0.29, 0.717) is 18.7 Å². The van der Waals surface area contributed by atoms with Crippen molar-refractivity contribution >= 4 is 11.8 Å². The summed E-state index contributed by atoms with van der Waals surface area (Å²) in [6.07, 6.45) is 0. The van der Waals surface area contributed by atoms with E-state index in [9.17, 15) is 14.0 Å². The predicted octanol–water partition coefficient (Wildman–Crippen LogP) is 1.08. The van der Waals surface area contributed by atoms with Crippen LogP contribution in [0.25, 0.3) is 0 Å². The monoisotopic (exact) mass is 294 g/mol. The van der Waals surface area contributed by atoms with Gasteiger partial charge < -0.3 is 15.0 Å². The van der Waals surface area contributed by atoms with E-state index >= 15 is 0 Å². The molecule has 5 nitrogen and oxygen atoms in total. The van der Waals surface area contributed by atoms with E-state index in [4.69, 9.17) is 4.74 Å². The number of hydrogen-bond acceptors (Lipinski definition) is 3. The van der Waals surface area contributed by atoms with E-state index in [1.165, 1.54) is 19.1 Å². The highest BCUT2D eigenvalue weighted by atomic mass is 19.1. The summed E-state index contributed by atoms with van der Waals surface area (Å²) in [6.45, 7) is 4.37. The van der Waals surface area contributed by atoms with Crippen molar-refractivity contribution in [2.75, 3.05) is 19.7 Å². The maximum atomic E-state index is 13.1. The minimum Gasteiger partial charge on any atom is -0.362 e. The Bertz CT molecular complexity index is 549. The summed E-state index contributed by atoms with van der Waals surface area (Å²) >= 11 is 0. The van der Waals surface area contributed by atoms with E-state index in [0.717, 1.165) is 0 Å².